The third-order valence-corrected chi connectivity index (χ3v) is 3.77. The maximum Gasteiger partial charge on any atom is 0.573 e. The molecule has 1 aromatic carbocycles. The molecule has 0 amide bonds. The normalized spacial score (nSPS) is 11.6. The lowest BCUT2D eigenvalue weighted by Crippen LogP contribution is -2.24. The van der Waals surface area contributed by atoms with Crippen molar-refractivity contribution in [3.05, 3.63) is 35.3 Å². The fourth-order valence-corrected chi connectivity index (χ4v) is 2.45. The first-order valence-corrected chi connectivity index (χ1v) is 7.66. The highest BCUT2D eigenvalue weighted by Crippen LogP contribution is 2.29. The lowest BCUT2D eigenvalue weighted by molar-refractivity contribution is -0.274. The predicted molar refractivity (Wildman–Crippen MR) is 104 cm³/mol. The summed E-state index contributed by atoms with van der Waals surface area (Å²) in [5.41, 5.74) is 6.51. The van der Waals surface area contributed by atoms with Crippen LogP contribution in [0.4, 0.5) is 24.0 Å². The molecule has 0 saturated carbocycles. The maximum absolute atomic E-state index is 12.4. The van der Waals surface area contributed by atoms with Crippen molar-refractivity contribution in [3.63, 3.8) is 0 Å². The number of benzene rings is 1. The number of ether oxygens (including phenoxy) is 1. The minimum Gasteiger partial charge on any atom is -0.404 e. The number of thiazole rings is 1. The van der Waals surface area contributed by atoms with E-state index >= 15 is 0 Å². The molecule has 138 valence electrons. The fourth-order valence-electron chi connectivity index (χ4n) is 1.70. The highest BCUT2D eigenvalue weighted by Gasteiger charge is 2.32. The third kappa shape index (κ3) is 6.94. The van der Waals surface area contributed by atoms with E-state index in [2.05, 4.69) is 20.0 Å². The molecule has 1 heterocycles. The van der Waals surface area contributed by atoms with Crippen molar-refractivity contribution >= 4 is 52.1 Å². The summed E-state index contributed by atoms with van der Waals surface area (Å²) in [5.74, 6) is -0.417. The topological polar surface area (TPSA) is 75.8 Å². The van der Waals surface area contributed by atoms with Gasteiger partial charge in [-0.2, -0.15) is 0 Å². The van der Waals surface area contributed by atoms with E-state index in [1.54, 1.807) is 6.07 Å². The van der Waals surface area contributed by atoms with Crippen LogP contribution in [0.5, 0.6) is 5.75 Å². The highest BCUT2D eigenvalue weighted by molar-refractivity contribution is 14.0. The molecular weight excluding hydrogens is 470 g/mol. The van der Waals surface area contributed by atoms with Crippen LogP contribution < -0.4 is 20.7 Å². The Labute approximate surface area is 163 Å². The summed E-state index contributed by atoms with van der Waals surface area (Å²) in [6, 6.07) is 5.59. The lowest BCUT2D eigenvalue weighted by atomic mass is 10.3. The van der Waals surface area contributed by atoms with Crippen LogP contribution in [0.1, 0.15) is 5.69 Å². The largest absolute Gasteiger partial charge is 0.573 e. The van der Waals surface area contributed by atoms with Crippen molar-refractivity contribution in [3.8, 4) is 5.75 Å². The first-order chi connectivity index (χ1) is 11.2. The van der Waals surface area contributed by atoms with E-state index in [1.165, 1.54) is 29.5 Å². The Kier molecular flexibility index (Phi) is 7.73. The van der Waals surface area contributed by atoms with Crippen molar-refractivity contribution in [2.24, 2.45) is 10.7 Å². The average Bonchev–Trinajstić information content (AvgIpc) is 2.95. The molecular formula is C14H17F3IN5OS. The molecule has 0 fully saturated rings. The van der Waals surface area contributed by atoms with Crippen molar-refractivity contribution in [1.29, 1.82) is 0 Å². The minimum atomic E-state index is -4.78. The van der Waals surface area contributed by atoms with Gasteiger partial charge in [0, 0.05) is 19.5 Å². The van der Waals surface area contributed by atoms with Gasteiger partial charge in [-0.3, -0.25) is 0 Å². The standard InChI is InChI=1S/C14H16F3N5OS.HI/c1-22(2)13-20-9(8-24-13)7-19-12(18)21-10-5-3-4-6-11(10)23-14(15,16)17;/h3-6,8H,7H2,1-2H3,(H3,18,19,21);1H. The Balaban J connectivity index is 0.00000312. The molecule has 3 N–H and O–H groups in total. The van der Waals surface area contributed by atoms with Gasteiger partial charge in [-0.25, -0.2) is 9.98 Å². The number of alkyl halides is 3. The molecule has 11 heteroatoms. The Morgan fingerprint density at radius 1 is 1.36 bits per heavy atom. The van der Waals surface area contributed by atoms with Gasteiger partial charge in [0.25, 0.3) is 0 Å². The van der Waals surface area contributed by atoms with E-state index in [0.717, 1.165) is 5.13 Å². The molecule has 25 heavy (non-hydrogen) atoms. The number of halogens is 4. The molecule has 0 bridgehead atoms. The summed E-state index contributed by atoms with van der Waals surface area (Å²) in [6.07, 6.45) is -4.78. The summed E-state index contributed by atoms with van der Waals surface area (Å²) in [5, 5.41) is 5.27. The number of nitrogens with two attached hydrogens (primary N) is 1. The number of rotatable bonds is 5. The van der Waals surface area contributed by atoms with Crippen LogP contribution in [0.3, 0.4) is 0 Å². The van der Waals surface area contributed by atoms with Gasteiger partial charge < -0.3 is 20.7 Å². The lowest BCUT2D eigenvalue weighted by Gasteiger charge is -2.14. The van der Waals surface area contributed by atoms with Gasteiger partial charge in [-0.1, -0.05) is 12.1 Å². The fraction of sp³-hybridized carbons (Fsp3) is 0.286. The van der Waals surface area contributed by atoms with Gasteiger partial charge in [0.05, 0.1) is 17.9 Å². The van der Waals surface area contributed by atoms with Crippen molar-refractivity contribution in [1.82, 2.24) is 4.98 Å². The van der Waals surface area contributed by atoms with Gasteiger partial charge >= 0.3 is 6.36 Å². The van der Waals surface area contributed by atoms with Gasteiger partial charge in [0.2, 0.25) is 0 Å². The van der Waals surface area contributed by atoms with Crippen molar-refractivity contribution in [2.75, 3.05) is 24.3 Å². The van der Waals surface area contributed by atoms with E-state index in [9.17, 15) is 13.2 Å². The van der Waals surface area contributed by atoms with Crippen LogP contribution in [0, 0.1) is 0 Å². The van der Waals surface area contributed by atoms with Gasteiger partial charge in [0.15, 0.2) is 16.8 Å². The highest BCUT2D eigenvalue weighted by atomic mass is 127. The minimum absolute atomic E-state index is 0. The van der Waals surface area contributed by atoms with Crippen molar-refractivity contribution < 1.29 is 17.9 Å². The van der Waals surface area contributed by atoms with E-state index in [-0.39, 0.29) is 47.9 Å². The number of aromatic nitrogens is 1. The average molecular weight is 487 g/mol. The first-order valence-electron chi connectivity index (χ1n) is 6.78. The second-order valence-corrected chi connectivity index (χ2v) is 5.72. The van der Waals surface area contributed by atoms with Crippen LogP contribution >= 0.6 is 35.3 Å². The summed E-state index contributed by atoms with van der Waals surface area (Å²) in [6.45, 7) is 0.214. The second-order valence-electron chi connectivity index (χ2n) is 4.89. The molecule has 2 aromatic rings. The summed E-state index contributed by atoms with van der Waals surface area (Å²) < 4.78 is 41.1. The Morgan fingerprint density at radius 2 is 2.04 bits per heavy atom. The van der Waals surface area contributed by atoms with Gasteiger partial charge in [0.1, 0.15) is 0 Å². The molecule has 0 radical (unpaired) electrons. The first kappa shape index (κ1) is 21.3. The number of hydrogen-bond donors (Lipinski definition) is 2. The number of para-hydroxylation sites is 2. The van der Waals surface area contributed by atoms with Crippen LogP contribution in [0.2, 0.25) is 0 Å². The summed E-state index contributed by atoms with van der Waals surface area (Å²) in [4.78, 5) is 10.3. The SMILES string of the molecule is CN(C)c1nc(CN=C(N)Nc2ccccc2OC(F)(F)F)cs1.I. The molecule has 1 aromatic heterocycles. The molecule has 0 unspecified atom stereocenters. The molecule has 0 spiro atoms. The Bertz CT molecular complexity index is 720. The number of nitrogens with zero attached hydrogens (tertiary/aromatic N) is 3. The predicted octanol–water partition coefficient (Wildman–Crippen LogP) is 3.65. The van der Waals surface area contributed by atoms with Crippen LogP contribution in [0.25, 0.3) is 0 Å². The van der Waals surface area contributed by atoms with E-state index in [0.29, 0.717) is 5.69 Å². The molecule has 0 aliphatic carbocycles. The van der Waals surface area contributed by atoms with Crippen LogP contribution in [-0.4, -0.2) is 31.4 Å². The van der Waals surface area contributed by atoms with E-state index in [4.69, 9.17) is 5.73 Å². The molecule has 0 saturated heterocycles. The smallest absolute Gasteiger partial charge is 0.404 e. The number of anilines is 2. The molecule has 0 aliphatic rings. The number of hydrogen-bond acceptors (Lipinski definition) is 5. The van der Waals surface area contributed by atoms with Gasteiger partial charge in [-0.15, -0.1) is 48.5 Å². The zero-order chi connectivity index (χ0) is 17.7. The quantitative estimate of drug-likeness (QED) is 0.383. The number of aliphatic imine (C=N–C) groups is 1. The maximum atomic E-state index is 12.4. The number of guanidine groups is 1. The molecule has 0 aliphatic heterocycles. The summed E-state index contributed by atoms with van der Waals surface area (Å²) >= 11 is 1.46. The summed E-state index contributed by atoms with van der Waals surface area (Å²) in [7, 11) is 3.75. The zero-order valence-corrected chi connectivity index (χ0v) is 16.5. The zero-order valence-electron chi connectivity index (χ0n) is 13.4. The molecule has 0 atom stereocenters. The Hall–Kier alpha value is -1.76. The number of nitrogens with one attached hydrogen (secondary N) is 1. The van der Waals surface area contributed by atoms with Crippen LogP contribution in [0.15, 0.2) is 34.6 Å². The monoisotopic (exact) mass is 487 g/mol. The second kappa shape index (κ2) is 9.08. The van der Waals surface area contributed by atoms with Crippen molar-refractivity contribution in [2.45, 2.75) is 12.9 Å². The molecule has 6 nitrogen and oxygen atoms in total. The third-order valence-electron chi connectivity index (χ3n) is 2.71. The van der Waals surface area contributed by atoms with Crippen LogP contribution in [-0.2, 0) is 6.54 Å². The Morgan fingerprint density at radius 3 is 2.64 bits per heavy atom. The molecule has 2 rings (SSSR count). The van der Waals surface area contributed by atoms with Gasteiger partial charge in [-0.05, 0) is 12.1 Å². The van der Waals surface area contributed by atoms with E-state index in [1.807, 2.05) is 24.4 Å². The van der Waals surface area contributed by atoms with E-state index < -0.39 is 6.36 Å².